The van der Waals surface area contributed by atoms with Crippen LogP contribution in [0.25, 0.3) is 0 Å². The summed E-state index contributed by atoms with van der Waals surface area (Å²) in [7, 11) is 5.50. The van der Waals surface area contributed by atoms with E-state index in [1.54, 1.807) is 29.3 Å². The van der Waals surface area contributed by atoms with Crippen molar-refractivity contribution < 1.29 is 9.84 Å². The fourth-order valence-electron chi connectivity index (χ4n) is 2.05. The van der Waals surface area contributed by atoms with Crippen molar-refractivity contribution in [2.45, 2.75) is 12.6 Å². The zero-order valence-electron chi connectivity index (χ0n) is 12.3. The number of hydrogen-bond donors (Lipinski definition) is 1. The third-order valence-electron chi connectivity index (χ3n) is 3.18. The normalized spacial score (nSPS) is 12.7. The average molecular weight is 311 g/mol. The van der Waals surface area contributed by atoms with Gasteiger partial charge in [0.1, 0.15) is 11.9 Å². The zero-order valence-corrected chi connectivity index (χ0v) is 13.1. The molecule has 21 heavy (non-hydrogen) atoms. The van der Waals surface area contributed by atoms with E-state index in [0.717, 1.165) is 6.54 Å². The Kier molecular flexibility index (Phi) is 5.17. The number of likely N-dealkylation sites (N-methyl/N-ethyl adjacent to an activating group) is 1. The Balaban J connectivity index is 2.34. The number of aromatic nitrogens is 3. The minimum atomic E-state index is -0.917. The number of nitrogens with zero attached hydrogens (tertiary/aromatic N) is 4. The van der Waals surface area contributed by atoms with Crippen LogP contribution in [0.5, 0.6) is 5.75 Å². The maximum atomic E-state index is 10.7. The lowest BCUT2D eigenvalue weighted by Gasteiger charge is -2.17. The molecule has 2 heterocycles. The van der Waals surface area contributed by atoms with E-state index in [-0.39, 0.29) is 0 Å². The smallest absolute Gasteiger partial charge is 0.143 e. The Labute approximate surface area is 128 Å². The van der Waals surface area contributed by atoms with Crippen LogP contribution in [0, 0.1) is 0 Å². The summed E-state index contributed by atoms with van der Waals surface area (Å²) in [5, 5.41) is 15.3. The Bertz CT molecular complexity index is 600. The van der Waals surface area contributed by atoms with E-state index in [2.05, 4.69) is 10.1 Å². The molecule has 1 unspecified atom stereocenters. The minimum absolute atomic E-state index is 0.431. The molecule has 114 valence electrons. The molecule has 0 saturated carbocycles. The van der Waals surface area contributed by atoms with Gasteiger partial charge in [-0.15, -0.1) is 0 Å². The van der Waals surface area contributed by atoms with Gasteiger partial charge in [-0.3, -0.25) is 9.67 Å². The molecule has 6 nitrogen and oxygen atoms in total. The summed E-state index contributed by atoms with van der Waals surface area (Å²) in [4.78, 5) is 6.03. The van der Waals surface area contributed by atoms with Crippen LogP contribution >= 0.6 is 11.6 Å². The molecule has 0 aliphatic heterocycles. The molecule has 0 radical (unpaired) electrons. The summed E-state index contributed by atoms with van der Waals surface area (Å²) in [5.41, 5.74) is 1.17. The molecule has 0 aliphatic rings. The van der Waals surface area contributed by atoms with E-state index < -0.39 is 6.10 Å². The van der Waals surface area contributed by atoms with Gasteiger partial charge in [-0.2, -0.15) is 5.10 Å². The number of halogens is 1. The first-order chi connectivity index (χ1) is 10.0. The second kappa shape index (κ2) is 6.89. The maximum Gasteiger partial charge on any atom is 0.143 e. The third-order valence-corrected chi connectivity index (χ3v) is 3.47. The number of methoxy groups -OCH3 is 1. The molecule has 0 bridgehead atoms. The highest BCUT2D eigenvalue weighted by Gasteiger charge is 2.22. The fraction of sp³-hybridized carbons (Fsp3) is 0.429. The monoisotopic (exact) mass is 310 g/mol. The van der Waals surface area contributed by atoms with Crippen molar-refractivity contribution in [3.8, 4) is 5.75 Å². The third kappa shape index (κ3) is 3.53. The van der Waals surface area contributed by atoms with Crippen LogP contribution in [0.4, 0.5) is 0 Å². The van der Waals surface area contributed by atoms with Crippen LogP contribution in [0.2, 0.25) is 5.02 Å². The number of aliphatic hydroxyl groups is 1. The molecule has 0 spiro atoms. The van der Waals surface area contributed by atoms with E-state index in [4.69, 9.17) is 16.3 Å². The molecule has 2 aromatic rings. The van der Waals surface area contributed by atoms with Crippen molar-refractivity contribution in [2.24, 2.45) is 0 Å². The standard InChI is InChI=1S/C14H19ClN4O2/c1-18(2)6-7-19-13(11(15)8-17-19)14(20)10-4-5-16-9-12(10)21-3/h4-5,8-9,14,20H,6-7H2,1-3H3. The molecular weight excluding hydrogens is 292 g/mol. The lowest BCUT2D eigenvalue weighted by atomic mass is 10.1. The van der Waals surface area contributed by atoms with Gasteiger partial charge < -0.3 is 14.7 Å². The Hall–Kier alpha value is -1.63. The highest BCUT2D eigenvalue weighted by atomic mass is 35.5. The van der Waals surface area contributed by atoms with Gasteiger partial charge in [0.15, 0.2) is 0 Å². The largest absolute Gasteiger partial charge is 0.495 e. The Morgan fingerprint density at radius 2 is 2.19 bits per heavy atom. The lowest BCUT2D eigenvalue weighted by Crippen LogP contribution is -2.21. The van der Waals surface area contributed by atoms with Crippen molar-refractivity contribution >= 4 is 11.6 Å². The van der Waals surface area contributed by atoms with E-state index in [0.29, 0.717) is 28.6 Å². The highest BCUT2D eigenvalue weighted by Crippen LogP contribution is 2.32. The molecule has 7 heteroatoms. The summed E-state index contributed by atoms with van der Waals surface area (Å²) in [6.45, 7) is 1.44. The van der Waals surface area contributed by atoms with Crippen molar-refractivity contribution in [3.05, 3.63) is 40.9 Å². The van der Waals surface area contributed by atoms with Gasteiger partial charge in [-0.05, 0) is 20.2 Å². The van der Waals surface area contributed by atoms with Gasteiger partial charge >= 0.3 is 0 Å². The van der Waals surface area contributed by atoms with E-state index in [9.17, 15) is 5.11 Å². The SMILES string of the molecule is COc1cnccc1C(O)c1c(Cl)cnn1CCN(C)C. The van der Waals surface area contributed by atoms with Gasteiger partial charge in [0, 0.05) is 18.3 Å². The van der Waals surface area contributed by atoms with Gasteiger partial charge in [0.05, 0.1) is 36.8 Å². The average Bonchev–Trinajstić information content (AvgIpc) is 2.85. The van der Waals surface area contributed by atoms with Crippen molar-refractivity contribution in [2.75, 3.05) is 27.7 Å². The van der Waals surface area contributed by atoms with Gasteiger partial charge in [-0.25, -0.2) is 0 Å². The van der Waals surface area contributed by atoms with Crippen molar-refractivity contribution in [1.82, 2.24) is 19.7 Å². The molecule has 0 saturated heterocycles. The fourth-order valence-corrected chi connectivity index (χ4v) is 2.30. The molecule has 0 aromatic carbocycles. The lowest BCUT2D eigenvalue weighted by molar-refractivity contribution is 0.200. The Morgan fingerprint density at radius 1 is 1.43 bits per heavy atom. The molecule has 0 fully saturated rings. The minimum Gasteiger partial charge on any atom is -0.495 e. The van der Waals surface area contributed by atoms with Gasteiger partial charge in [-0.1, -0.05) is 11.6 Å². The summed E-state index contributed by atoms with van der Waals surface area (Å²) in [6, 6.07) is 1.71. The van der Waals surface area contributed by atoms with E-state index in [1.165, 1.54) is 7.11 Å². The van der Waals surface area contributed by atoms with Crippen LogP contribution in [0.1, 0.15) is 17.4 Å². The zero-order chi connectivity index (χ0) is 15.4. The van der Waals surface area contributed by atoms with Crippen molar-refractivity contribution in [3.63, 3.8) is 0 Å². The molecule has 1 N–H and O–H groups in total. The number of aliphatic hydroxyl groups excluding tert-OH is 1. The van der Waals surface area contributed by atoms with E-state index in [1.807, 2.05) is 19.0 Å². The molecule has 2 aromatic heterocycles. The van der Waals surface area contributed by atoms with Crippen LogP contribution in [-0.2, 0) is 6.54 Å². The topological polar surface area (TPSA) is 63.4 Å². The quantitative estimate of drug-likeness (QED) is 0.877. The van der Waals surface area contributed by atoms with Crippen LogP contribution in [0.3, 0.4) is 0 Å². The summed E-state index contributed by atoms with van der Waals surface area (Å²) < 4.78 is 6.95. The molecule has 0 aliphatic carbocycles. The first-order valence-corrected chi connectivity index (χ1v) is 6.94. The first kappa shape index (κ1) is 15.8. The number of hydrogen-bond acceptors (Lipinski definition) is 5. The summed E-state index contributed by atoms with van der Waals surface area (Å²) >= 11 is 6.19. The second-order valence-corrected chi connectivity index (χ2v) is 5.33. The molecular formula is C14H19ClN4O2. The van der Waals surface area contributed by atoms with Crippen LogP contribution in [0.15, 0.2) is 24.7 Å². The second-order valence-electron chi connectivity index (χ2n) is 4.92. The molecule has 0 amide bonds. The molecule has 2 rings (SSSR count). The van der Waals surface area contributed by atoms with E-state index >= 15 is 0 Å². The van der Waals surface area contributed by atoms with Crippen LogP contribution in [-0.4, -0.2) is 52.5 Å². The number of ether oxygens (including phenoxy) is 1. The highest BCUT2D eigenvalue weighted by molar-refractivity contribution is 6.31. The molecule has 1 atom stereocenters. The first-order valence-electron chi connectivity index (χ1n) is 6.56. The predicted octanol–water partition coefficient (Wildman–Crippen LogP) is 1.58. The number of pyridine rings is 1. The van der Waals surface area contributed by atoms with Gasteiger partial charge in [0.2, 0.25) is 0 Å². The maximum absolute atomic E-state index is 10.7. The predicted molar refractivity (Wildman–Crippen MR) is 80.6 cm³/mol. The number of rotatable bonds is 6. The van der Waals surface area contributed by atoms with Crippen molar-refractivity contribution in [1.29, 1.82) is 0 Å². The summed E-state index contributed by atoms with van der Waals surface area (Å²) in [5.74, 6) is 0.515. The van der Waals surface area contributed by atoms with Gasteiger partial charge in [0.25, 0.3) is 0 Å². The Morgan fingerprint density at radius 3 is 2.86 bits per heavy atom. The van der Waals surface area contributed by atoms with Crippen LogP contribution < -0.4 is 4.74 Å². The summed E-state index contributed by atoms with van der Waals surface area (Å²) in [6.07, 6.45) is 3.80.